The zero-order valence-electron chi connectivity index (χ0n) is 16.5. The second-order valence-electron chi connectivity index (χ2n) is 7.29. The van der Waals surface area contributed by atoms with Gasteiger partial charge in [0.2, 0.25) is 0 Å². The number of carbonyl (C=O) groups is 1. The van der Waals surface area contributed by atoms with Crippen LogP contribution in [0.2, 0.25) is 10.0 Å². The summed E-state index contributed by atoms with van der Waals surface area (Å²) in [5.74, 6) is 0.0353. The van der Waals surface area contributed by atoms with Crippen LogP contribution in [-0.4, -0.2) is 28.8 Å². The number of hydrogen-bond acceptors (Lipinski definition) is 3. The summed E-state index contributed by atoms with van der Waals surface area (Å²) < 4.78 is 1.86. The molecule has 1 saturated heterocycles. The minimum Gasteiger partial charge on any atom is -0.321 e. The fraction of sp³-hybridized carbons (Fsp3) is 0.273. The van der Waals surface area contributed by atoms with E-state index in [0.29, 0.717) is 21.3 Å². The van der Waals surface area contributed by atoms with Crippen LogP contribution >= 0.6 is 35.6 Å². The molecule has 2 N–H and O–H groups in total. The van der Waals surface area contributed by atoms with E-state index in [1.54, 1.807) is 6.20 Å². The molecule has 0 spiro atoms. The number of carbonyl (C=O) groups excluding carboxylic acids is 1. The van der Waals surface area contributed by atoms with Crippen molar-refractivity contribution in [2.24, 2.45) is 0 Å². The number of anilines is 1. The van der Waals surface area contributed by atoms with Crippen molar-refractivity contribution in [1.29, 1.82) is 0 Å². The third-order valence-electron chi connectivity index (χ3n) is 5.22. The van der Waals surface area contributed by atoms with Gasteiger partial charge in [0.1, 0.15) is 0 Å². The standard InChI is InChI=1S/C22H22Cl2N4O.ClH/c1-14-2-7-20(19(24)12-14)27-22(29)18-13-26-28(17-5-3-16(23)4-6-17)21(18)15-8-10-25-11-9-15;/h2-7,12-13,15,25H,8-11H2,1H3,(H,27,29);1H. The summed E-state index contributed by atoms with van der Waals surface area (Å²) in [7, 11) is 0. The zero-order valence-corrected chi connectivity index (χ0v) is 18.8. The molecule has 2 aromatic carbocycles. The predicted molar refractivity (Wildman–Crippen MR) is 125 cm³/mol. The molecule has 158 valence electrons. The molecule has 1 fully saturated rings. The van der Waals surface area contributed by atoms with Crippen molar-refractivity contribution in [3.8, 4) is 5.69 Å². The average molecular weight is 466 g/mol. The Balaban J connectivity index is 0.00000256. The van der Waals surface area contributed by atoms with E-state index in [1.807, 2.05) is 54.1 Å². The highest BCUT2D eigenvalue weighted by Gasteiger charge is 2.27. The second kappa shape index (κ2) is 9.84. The summed E-state index contributed by atoms with van der Waals surface area (Å²) in [6, 6.07) is 13.1. The van der Waals surface area contributed by atoms with Gasteiger partial charge in [-0.3, -0.25) is 4.79 Å². The number of hydrogen-bond donors (Lipinski definition) is 2. The molecule has 30 heavy (non-hydrogen) atoms. The molecule has 0 bridgehead atoms. The van der Waals surface area contributed by atoms with E-state index in [1.165, 1.54) is 0 Å². The average Bonchev–Trinajstić information content (AvgIpc) is 3.16. The molecule has 1 amide bonds. The summed E-state index contributed by atoms with van der Waals surface area (Å²) in [6.45, 7) is 3.80. The van der Waals surface area contributed by atoms with E-state index in [0.717, 1.165) is 42.9 Å². The SMILES string of the molecule is Cc1ccc(NC(=O)c2cnn(-c3ccc(Cl)cc3)c2C2CCNCC2)c(Cl)c1.Cl. The van der Waals surface area contributed by atoms with Crippen LogP contribution in [-0.2, 0) is 0 Å². The molecule has 0 atom stereocenters. The molecule has 2 heterocycles. The van der Waals surface area contributed by atoms with Gasteiger partial charge >= 0.3 is 0 Å². The van der Waals surface area contributed by atoms with Crippen molar-refractivity contribution in [2.45, 2.75) is 25.7 Å². The highest BCUT2D eigenvalue weighted by molar-refractivity contribution is 6.34. The Kier molecular flexibility index (Phi) is 7.42. The molecule has 0 unspecified atom stereocenters. The second-order valence-corrected chi connectivity index (χ2v) is 8.14. The first-order chi connectivity index (χ1) is 14.0. The van der Waals surface area contributed by atoms with Gasteiger partial charge in [-0.25, -0.2) is 4.68 Å². The topological polar surface area (TPSA) is 59.0 Å². The third-order valence-corrected chi connectivity index (χ3v) is 5.79. The van der Waals surface area contributed by atoms with Crippen LogP contribution in [0.1, 0.15) is 40.4 Å². The normalized spacial score (nSPS) is 14.2. The van der Waals surface area contributed by atoms with Gasteiger partial charge < -0.3 is 10.6 Å². The molecule has 1 aliphatic heterocycles. The van der Waals surface area contributed by atoms with Crippen molar-refractivity contribution in [1.82, 2.24) is 15.1 Å². The van der Waals surface area contributed by atoms with Crippen molar-refractivity contribution < 1.29 is 4.79 Å². The number of nitrogens with one attached hydrogen (secondary N) is 2. The number of piperidine rings is 1. The largest absolute Gasteiger partial charge is 0.321 e. The molecule has 0 saturated carbocycles. The van der Waals surface area contributed by atoms with Crippen molar-refractivity contribution >= 4 is 47.2 Å². The lowest BCUT2D eigenvalue weighted by Crippen LogP contribution is -2.29. The van der Waals surface area contributed by atoms with E-state index in [2.05, 4.69) is 15.7 Å². The predicted octanol–water partition coefficient (Wildman–Crippen LogP) is 5.63. The molecule has 8 heteroatoms. The minimum atomic E-state index is -0.204. The van der Waals surface area contributed by atoms with Crippen molar-refractivity contribution in [2.75, 3.05) is 18.4 Å². The monoisotopic (exact) mass is 464 g/mol. The highest BCUT2D eigenvalue weighted by Crippen LogP contribution is 2.31. The van der Waals surface area contributed by atoms with Gasteiger partial charge in [-0.05, 0) is 74.8 Å². The van der Waals surface area contributed by atoms with Crippen LogP contribution in [0.5, 0.6) is 0 Å². The fourth-order valence-electron chi connectivity index (χ4n) is 3.72. The van der Waals surface area contributed by atoms with Crippen LogP contribution in [0.15, 0.2) is 48.7 Å². The third kappa shape index (κ3) is 4.81. The van der Waals surface area contributed by atoms with E-state index < -0.39 is 0 Å². The molecule has 4 rings (SSSR count). The Morgan fingerprint density at radius 2 is 1.83 bits per heavy atom. The Morgan fingerprint density at radius 1 is 1.13 bits per heavy atom. The van der Waals surface area contributed by atoms with Gasteiger partial charge in [-0.2, -0.15) is 5.10 Å². The Morgan fingerprint density at radius 3 is 2.50 bits per heavy atom. The summed E-state index contributed by atoms with van der Waals surface area (Å²) in [5.41, 5.74) is 4.02. The summed E-state index contributed by atoms with van der Waals surface area (Å²) in [4.78, 5) is 13.2. The first-order valence-electron chi connectivity index (χ1n) is 9.65. The molecule has 3 aromatic rings. The Labute approximate surface area is 192 Å². The Hall–Kier alpha value is -2.05. The lowest BCUT2D eigenvalue weighted by Gasteiger charge is -2.24. The van der Waals surface area contributed by atoms with Gasteiger partial charge in [0.05, 0.1) is 33.9 Å². The van der Waals surface area contributed by atoms with E-state index in [4.69, 9.17) is 23.2 Å². The summed E-state index contributed by atoms with van der Waals surface area (Å²) in [6.07, 6.45) is 3.54. The maximum Gasteiger partial charge on any atom is 0.259 e. The van der Waals surface area contributed by atoms with Crippen LogP contribution in [0.4, 0.5) is 5.69 Å². The quantitative estimate of drug-likeness (QED) is 0.525. The van der Waals surface area contributed by atoms with Crippen LogP contribution in [0.3, 0.4) is 0 Å². The van der Waals surface area contributed by atoms with Crippen molar-refractivity contribution in [3.05, 3.63) is 75.5 Å². The number of aryl methyl sites for hydroxylation is 1. The minimum absolute atomic E-state index is 0. The first kappa shape index (κ1) is 22.6. The van der Waals surface area contributed by atoms with Crippen LogP contribution in [0, 0.1) is 6.92 Å². The van der Waals surface area contributed by atoms with E-state index in [9.17, 15) is 4.79 Å². The number of benzene rings is 2. The van der Waals surface area contributed by atoms with Gasteiger partial charge in [0.25, 0.3) is 5.91 Å². The lowest BCUT2D eigenvalue weighted by molar-refractivity contribution is 0.102. The maximum atomic E-state index is 13.2. The number of nitrogens with zero attached hydrogens (tertiary/aromatic N) is 2. The van der Waals surface area contributed by atoms with E-state index >= 15 is 0 Å². The summed E-state index contributed by atoms with van der Waals surface area (Å²) in [5, 5.41) is 12.1. The number of halogens is 3. The number of amides is 1. The van der Waals surface area contributed by atoms with Crippen molar-refractivity contribution in [3.63, 3.8) is 0 Å². The van der Waals surface area contributed by atoms with Gasteiger partial charge in [0.15, 0.2) is 0 Å². The molecule has 5 nitrogen and oxygen atoms in total. The molecule has 0 radical (unpaired) electrons. The fourth-order valence-corrected chi connectivity index (χ4v) is 4.13. The van der Waals surface area contributed by atoms with Gasteiger partial charge in [-0.15, -0.1) is 12.4 Å². The number of aromatic nitrogens is 2. The Bertz CT molecular complexity index is 1030. The number of rotatable bonds is 4. The van der Waals surface area contributed by atoms with E-state index in [-0.39, 0.29) is 24.2 Å². The van der Waals surface area contributed by atoms with Gasteiger partial charge in [0, 0.05) is 10.9 Å². The summed E-state index contributed by atoms with van der Waals surface area (Å²) >= 11 is 12.4. The molecule has 0 aliphatic carbocycles. The zero-order chi connectivity index (χ0) is 20.4. The van der Waals surface area contributed by atoms with Gasteiger partial charge in [-0.1, -0.05) is 29.3 Å². The molecule has 1 aromatic heterocycles. The smallest absolute Gasteiger partial charge is 0.259 e. The lowest BCUT2D eigenvalue weighted by atomic mass is 9.91. The van der Waals surface area contributed by atoms with Crippen LogP contribution in [0.25, 0.3) is 5.69 Å². The maximum absolute atomic E-state index is 13.2. The van der Waals surface area contributed by atoms with Crippen LogP contribution < -0.4 is 10.6 Å². The highest BCUT2D eigenvalue weighted by atomic mass is 35.5. The first-order valence-corrected chi connectivity index (χ1v) is 10.4. The molecular weight excluding hydrogens is 443 g/mol. The molecular formula is C22H23Cl3N4O. The molecule has 1 aliphatic rings.